The van der Waals surface area contributed by atoms with E-state index in [1.807, 2.05) is 0 Å². The van der Waals surface area contributed by atoms with Crippen LogP contribution in [0.5, 0.6) is 0 Å². The van der Waals surface area contributed by atoms with Crippen molar-refractivity contribution in [1.82, 2.24) is 9.97 Å². The van der Waals surface area contributed by atoms with Crippen LogP contribution in [0.1, 0.15) is 12.1 Å². The Morgan fingerprint density at radius 3 is 3.13 bits per heavy atom. The van der Waals surface area contributed by atoms with Gasteiger partial charge in [-0.2, -0.15) is 0 Å². The molecule has 15 heavy (non-hydrogen) atoms. The predicted octanol–water partition coefficient (Wildman–Crippen LogP) is 1.44. The Bertz CT molecular complexity index is 334. The lowest BCUT2D eigenvalue weighted by Crippen LogP contribution is -2.23. The Kier molecular flexibility index (Phi) is 3.38. The van der Waals surface area contributed by atoms with E-state index in [0.717, 1.165) is 31.0 Å². The van der Waals surface area contributed by atoms with E-state index in [4.69, 9.17) is 16.3 Å². The Morgan fingerprint density at radius 2 is 2.47 bits per heavy atom. The molecule has 82 valence electrons. The van der Waals surface area contributed by atoms with Gasteiger partial charge in [-0.05, 0) is 6.42 Å². The topological polar surface area (TPSA) is 38.2 Å². The maximum Gasteiger partial charge on any atom is 0.147 e. The molecule has 4 nitrogen and oxygen atoms in total. The summed E-state index contributed by atoms with van der Waals surface area (Å²) in [5.41, 5.74) is 0.815. The zero-order valence-electron chi connectivity index (χ0n) is 8.69. The first kappa shape index (κ1) is 10.6. The van der Waals surface area contributed by atoms with Crippen molar-refractivity contribution in [3.05, 3.63) is 18.1 Å². The second kappa shape index (κ2) is 4.77. The Hall–Kier alpha value is -0.870. The molecule has 0 saturated carbocycles. The number of anilines is 1. The van der Waals surface area contributed by atoms with Gasteiger partial charge in [0.1, 0.15) is 5.82 Å². The van der Waals surface area contributed by atoms with Crippen molar-refractivity contribution in [3.8, 4) is 0 Å². The summed E-state index contributed by atoms with van der Waals surface area (Å²) < 4.78 is 5.30. The van der Waals surface area contributed by atoms with E-state index >= 15 is 0 Å². The molecule has 0 aliphatic carbocycles. The monoisotopic (exact) mass is 227 g/mol. The van der Waals surface area contributed by atoms with Crippen LogP contribution in [0, 0.1) is 0 Å². The number of hydrogen-bond acceptors (Lipinski definition) is 4. The van der Waals surface area contributed by atoms with E-state index in [0.29, 0.717) is 12.0 Å². The predicted molar refractivity (Wildman–Crippen MR) is 59.2 cm³/mol. The number of nitrogens with zero attached hydrogens (tertiary/aromatic N) is 3. The average molecular weight is 228 g/mol. The minimum atomic E-state index is 0.312. The van der Waals surface area contributed by atoms with Crippen LogP contribution in [0.15, 0.2) is 12.4 Å². The van der Waals surface area contributed by atoms with Crippen molar-refractivity contribution in [1.29, 1.82) is 0 Å². The summed E-state index contributed by atoms with van der Waals surface area (Å²) in [6.07, 6.45) is 4.82. The molecule has 1 aliphatic heterocycles. The molecule has 0 amide bonds. The molecule has 1 saturated heterocycles. The number of hydrogen-bond donors (Lipinski definition) is 0. The van der Waals surface area contributed by atoms with E-state index in [1.54, 1.807) is 19.5 Å². The molecule has 1 aliphatic rings. The highest BCUT2D eigenvalue weighted by Crippen LogP contribution is 2.19. The maximum atomic E-state index is 5.72. The van der Waals surface area contributed by atoms with Crippen LogP contribution in [0.25, 0.3) is 0 Å². The highest BCUT2D eigenvalue weighted by Gasteiger charge is 2.23. The Balaban J connectivity index is 2.09. The molecule has 0 aromatic carbocycles. The molecule has 1 aromatic rings. The molecule has 1 unspecified atom stereocenters. The third kappa shape index (κ3) is 2.38. The maximum absolute atomic E-state index is 5.72. The van der Waals surface area contributed by atoms with Gasteiger partial charge < -0.3 is 9.64 Å². The molecule has 2 rings (SSSR count). The van der Waals surface area contributed by atoms with Crippen molar-refractivity contribution < 1.29 is 4.74 Å². The zero-order chi connectivity index (χ0) is 10.7. The summed E-state index contributed by atoms with van der Waals surface area (Å²) in [5.74, 6) is 1.30. The third-order valence-electron chi connectivity index (χ3n) is 2.61. The van der Waals surface area contributed by atoms with Gasteiger partial charge in [0.05, 0.1) is 23.9 Å². The molecule has 0 N–H and O–H groups in total. The van der Waals surface area contributed by atoms with Gasteiger partial charge in [-0.3, -0.25) is 4.98 Å². The van der Waals surface area contributed by atoms with Crippen molar-refractivity contribution in [2.45, 2.75) is 18.4 Å². The minimum absolute atomic E-state index is 0.312. The van der Waals surface area contributed by atoms with Gasteiger partial charge in [-0.25, -0.2) is 4.98 Å². The van der Waals surface area contributed by atoms with E-state index in [9.17, 15) is 0 Å². The van der Waals surface area contributed by atoms with Crippen molar-refractivity contribution in [2.75, 3.05) is 25.1 Å². The fourth-order valence-corrected chi connectivity index (χ4v) is 1.87. The molecule has 1 fully saturated rings. The van der Waals surface area contributed by atoms with E-state index in [1.165, 1.54) is 0 Å². The highest BCUT2D eigenvalue weighted by atomic mass is 35.5. The van der Waals surface area contributed by atoms with Crippen LogP contribution in [0.2, 0.25) is 0 Å². The van der Waals surface area contributed by atoms with Crippen LogP contribution in [-0.2, 0) is 10.6 Å². The summed E-state index contributed by atoms with van der Waals surface area (Å²) in [7, 11) is 1.75. The van der Waals surface area contributed by atoms with Gasteiger partial charge in [0.15, 0.2) is 0 Å². The summed E-state index contributed by atoms with van der Waals surface area (Å²) >= 11 is 5.72. The smallest absolute Gasteiger partial charge is 0.147 e. The minimum Gasteiger partial charge on any atom is -0.380 e. The summed E-state index contributed by atoms with van der Waals surface area (Å²) in [4.78, 5) is 10.7. The van der Waals surface area contributed by atoms with Crippen LogP contribution >= 0.6 is 11.6 Å². The van der Waals surface area contributed by atoms with E-state index in [2.05, 4.69) is 14.9 Å². The first-order valence-electron chi connectivity index (χ1n) is 4.98. The van der Waals surface area contributed by atoms with Crippen molar-refractivity contribution in [2.24, 2.45) is 0 Å². The lowest BCUT2D eigenvalue weighted by Gasteiger charge is -2.16. The lowest BCUT2D eigenvalue weighted by molar-refractivity contribution is 0.121. The summed E-state index contributed by atoms with van der Waals surface area (Å²) in [5, 5.41) is 0. The van der Waals surface area contributed by atoms with Gasteiger partial charge in [0.25, 0.3) is 0 Å². The van der Waals surface area contributed by atoms with Crippen molar-refractivity contribution >= 4 is 17.4 Å². The molecule has 0 spiro atoms. The van der Waals surface area contributed by atoms with Gasteiger partial charge >= 0.3 is 0 Å². The van der Waals surface area contributed by atoms with Gasteiger partial charge in [0.2, 0.25) is 0 Å². The second-order valence-electron chi connectivity index (χ2n) is 3.59. The zero-order valence-corrected chi connectivity index (χ0v) is 9.44. The standard InChI is InChI=1S/C10H14ClN3O/c1-15-9-2-3-14(7-9)10-6-12-5-8(4-11)13-10/h5-6,9H,2-4,7H2,1H3. The van der Waals surface area contributed by atoms with Gasteiger partial charge in [-0.1, -0.05) is 0 Å². The fourth-order valence-electron chi connectivity index (χ4n) is 1.74. The van der Waals surface area contributed by atoms with Crippen molar-refractivity contribution in [3.63, 3.8) is 0 Å². The van der Waals surface area contributed by atoms with Crippen LogP contribution in [0.4, 0.5) is 5.82 Å². The normalized spacial score (nSPS) is 20.9. The van der Waals surface area contributed by atoms with Gasteiger partial charge in [0, 0.05) is 26.4 Å². The Labute approximate surface area is 94.2 Å². The molecular formula is C10H14ClN3O. The first-order chi connectivity index (χ1) is 7.33. The molecular weight excluding hydrogens is 214 g/mol. The number of aromatic nitrogens is 2. The molecule has 5 heteroatoms. The largest absolute Gasteiger partial charge is 0.380 e. The molecule has 1 aromatic heterocycles. The quantitative estimate of drug-likeness (QED) is 0.733. The van der Waals surface area contributed by atoms with Crippen LogP contribution < -0.4 is 4.90 Å². The number of alkyl halides is 1. The van der Waals surface area contributed by atoms with Crippen LogP contribution in [0.3, 0.4) is 0 Å². The van der Waals surface area contributed by atoms with Crippen LogP contribution in [-0.4, -0.2) is 36.3 Å². The Morgan fingerprint density at radius 1 is 1.60 bits per heavy atom. The number of rotatable bonds is 3. The molecule has 0 radical (unpaired) electrons. The number of methoxy groups -OCH3 is 1. The summed E-state index contributed by atoms with van der Waals surface area (Å²) in [6.45, 7) is 1.86. The third-order valence-corrected chi connectivity index (χ3v) is 2.88. The van der Waals surface area contributed by atoms with Gasteiger partial charge in [-0.15, -0.1) is 11.6 Å². The summed E-state index contributed by atoms with van der Waals surface area (Å²) in [6, 6.07) is 0. The molecule has 1 atom stereocenters. The number of ether oxygens (including phenoxy) is 1. The fraction of sp³-hybridized carbons (Fsp3) is 0.600. The SMILES string of the molecule is COC1CCN(c2cncc(CCl)n2)C1. The van der Waals surface area contributed by atoms with E-state index in [-0.39, 0.29) is 0 Å². The second-order valence-corrected chi connectivity index (χ2v) is 3.86. The van der Waals surface area contributed by atoms with E-state index < -0.39 is 0 Å². The molecule has 0 bridgehead atoms. The highest BCUT2D eigenvalue weighted by molar-refractivity contribution is 6.16. The first-order valence-corrected chi connectivity index (χ1v) is 5.51. The average Bonchev–Trinajstić information content (AvgIpc) is 2.78. The lowest BCUT2D eigenvalue weighted by atomic mass is 10.3. The molecule has 2 heterocycles. The number of halogens is 1.